The molecule has 0 saturated carbocycles. The van der Waals surface area contributed by atoms with Crippen molar-refractivity contribution in [3.8, 4) is 23.0 Å². The van der Waals surface area contributed by atoms with Gasteiger partial charge in [-0.3, -0.25) is 10.1 Å². The van der Waals surface area contributed by atoms with Crippen LogP contribution in [-0.2, 0) is 16.6 Å². The fourth-order valence-electron chi connectivity index (χ4n) is 2.78. The summed E-state index contributed by atoms with van der Waals surface area (Å²) in [5.41, 5.74) is 0.151. The Morgan fingerprint density at radius 1 is 0.938 bits per heavy atom. The van der Waals surface area contributed by atoms with E-state index in [1.807, 2.05) is 0 Å². The SMILES string of the molecule is COc1ccc(CNS(=O)(=O)c2cc([N+](=O)[O-])ccc2Oc2ccc(Cl)cc2)c(OC)c1. The van der Waals surface area contributed by atoms with Gasteiger partial charge in [0.25, 0.3) is 5.69 Å². The quantitative estimate of drug-likeness (QED) is 0.354. The van der Waals surface area contributed by atoms with E-state index in [0.29, 0.717) is 27.8 Å². The van der Waals surface area contributed by atoms with Gasteiger partial charge in [-0.25, -0.2) is 13.1 Å². The Morgan fingerprint density at radius 3 is 2.25 bits per heavy atom. The molecule has 32 heavy (non-hydrogen) atoms. The molecule has 0 aromatic heterocycles. The lowest BCUT2D eigenvalue weighted by molar-refractivity contribution is -0.385. The first-order chi connectivity index (χ1) is 15.2. The summed E-state index contributed by atoms with van der Waals surface area (Å²) in [6.45, 7) is -0.126. The van der Waals surface area contributed by atoms with Crippen molar-refractivity contribution >= 4 is 27.3 Å². The molecule has 0 heterocycles. The lowest BCUT2D eigenvalue weighted by Crippen LogP contribution is -2.24. The Kier molecular flexibility index (Phi) is 7.18. The average Bonchev–Trinajstić information content (AvgIpc) is 2.79. The molecule has 0 unspecified atom stereocenters. The van der Waals surface area contributed by atoms with Crippen molar-refractivity contribution in [1.82, 2.24) is 4.72 Å². The molecule has 11 heteroatoms. The molecule has 0 fully saturated rings. The van der Waals surface area contributed by atoms with Gasteiger partial charge >= 0.3 is 0 Å². The van der Waals surface area contributed by atoms with Gasteiger partial charge in [0, 0.05) is 35.3 Å². The molecule has 0 radical (unpaired) electrons. The van der Waals surface area contributed by atoms with Crippen molar-refractivity contribution in [2.75, 3.05) is 14.2 Å². The van der Waals surface area contributed by atoms with Crippen LogP contribution < -0.4 is 18.9 Å². The van der Waals surface area contributed by atoms with Gasteiger partial charge in [-0.2, -0.15) is 0 Å². The van der Waals surface area contributed by atoms with Crippen molar-refractivity contribution < 1.29 is 27.6 Å². The van der Waals surface area contributed by atoms with Crippen LogP contribution in [0, 0.1) is 10.1 Å². The van der Waals surface area contributed by atoms with Crippen molar-refractivity contribution in [1.29, 1.82) is 0 Å². The fourth-order valence-corrected chi connectivity index (χ4v) is 4.06. The van der Waals surface area contributed by atoms with E-state index in [9.17, 15) is 18.5 Å². The minimum Gasteiger partial charge on any atom is -0.497 e. The summed E-state index contributed by atoms with van der Waals surface area (Å²) >= 11 is 5.86. The minimum atomic E-state index is -4.21. The first-order valence-electron chi connectivity index (χ1n) is 9.16. The minimum absolute atomic E-state index is 0.0767. The van der Waals surface area contributed by atoms with E-state index in [0.717, 1.165) is 12.1 Å². The third-order valence-corrected chi connectivity index (χ3v) is 6.09. The molecule has 0 spiro atoms. The van der Waals surface area contributed by atoms with Gasteiger partial charge in [-0.1, -0.05) is 17.7 Å². The summed E-state index contributed by atoms with van der Waals surface area (Å²) in [6, 6.07) is 14.5. The maximum Gasteiger partial charge on any atom is 0.271 e. The molecule has 0 aliphatic carbocycles. The number of benzene rings is 3. The maximum absolute atomic E-state index is 13.1. The summed E-state index contributed by atoms with van der Waals surface area (Å²) in [7, 11) is -1.25. The molecule has 168 valence electrons. The Bertz CT molecular complexity index is 1230. The Hall–Kier alpha value is -3.34. The number of ether oxygens (including phenoxy) is 3. The second kappa shape index (κ2) is 9.86. The standard InChI is InChI=1S/C21H19ClN2O7S/c1-29-18-7-3-14(20(12-18)30-2)13-23-32(27,28)21-11-16(24(25)26)6-10-19(21)31-17-8-4-15(22)5-9-17/h3-12,23H,13H2,1-2H3. The van der Waals surface area contributed by atoms with E-state index in [1.165, 1.54) is 20.3 Å². The third kappa shape index (κ3) is 5.47. The van der Waals surface area contributed by atoms with Gasteiger partial charge in [-0.05, 0) is 36.4 Å². The van der Waals surface area contributed by atoms with Crippen LogP contribution in [0.1, 0.15) is 5.56 Å². The number of sulfonamides is 1. The number of nitro benzene ring substituents is 1. The largest absolute Gasteiger partial charge is 0.497 e. The van der Waals surface area contributed by atoms with Crippen molar-refractivity contribution in [2.24, 2.45) is 0 Å². The normalized spacial score (nSPS) is 11.1. The van der Waals surface area contributed by atoms with Gasteiger partial charge in [0.05, 0.1) is 19.1 Å². The monoisotopic (exact) mass is 478 g/mol. The molecule has 1 N–H and O–H groups in total. The molecule has 0 atom stereocenters. The molecule has 0 bridgehead atoms. The van der Waals surface area contributed by atoms with Crippen LogP contribution in [0.5, 0.6) is 23.0 Å². The van der Waals surface area contributed by atoms with Gasteiger partial charge < -0.3 is 14.2 Å². The molecule has 0 saturated heterocycles. The molecule has 0 aliphatic heterocycles. The van der Waals surface area contributed by atoms with E-state index in [-0.39, 0.29) is 17.2 Å². The molecule has 3 aromatic carbocycles. The van der Waals surface area contributed by atoms with Crippen LogP contribution in [0.2, 0.25) is 5.02 Å². The topological polar surface area (TPSA) is 117 Å². The van der Waals surface area contributed by atoms with Crippen LogP contribution in [0.15, 0.2) is 65.6 Å². The highest BCUT2D eigenvalue weighted by Gasteiger charge is 2.24. The third-order valence-electron chi connectivity index (χ3n) is 4.42. The molecule has 3 aromatic rings. The van der Waals surface area contributed by atoms with E-state index in [4.69, 9.17) is 25.8 Å². The van der Waals surface area contributed by atoms with E-state index < -0.39 is 20.6 Å². The first-order valence-corrected chi connectivity index (χ1v) is 11.0. The van der Waals surface area contributed by atoms with Gasteiger partial charge in [0.2, 0.25) is 10.0 Å². The zero-order valence-corrected chi connectivity index (χ0v) is 18.6. The average molecular weight is 479 g/mol. The zero-order valence-electron chi connectivity index (χ0n) is 17.1. The first kappa shape index (κ1) is 23.3. The lowest BCUT2D eigenvalue weighted by atomic mass is 10.2. The molecule has 9 nitrogen and oxygen atoms in total. The van der Waals surface area contributed by atoms with Gasteiger partial charge in [0.1, 0.15) is 27.9 Å². The smallest absolute Gasteiger partial charge is 0.271 e. The van der Waals surface area contributed by atoms with Gasteiger partial charge in [0.15, 0.2) is 0 Å². The Labute approximate surface area is 189 Å². The predicted octanol–water partition coefficient (Wildman–Crippen LogP) is 4.54. The summed E-state index contributed by atoms with van der Waals surface area (Å²) in [6.07, 6.45) is 0. The number of nitrogens with one attached hydrogen (secondary N) is 1. The van der Waals surface area contributed by atoms with E-state index in [2.05, 4.69) is 4.72 Å². The second-order valence-corrected chi connectivity index (χ2v) is 8.62. The second-order valence-electron chi connectivity index (χ2n) is 6.45. The Morgan fingerprint density at radius 2 is 1.62 bits per heavy atom. The Balaban J connectivity index is 1.93. The fraction of sp³-hybridized carbons (Fsp3) is 0.143. The van der Waals surface area contributed by atoms with Crippen LogP contribution in [0.4, 0.5) is 5.69 Å². The summed E-state index contributed by atoms with van der Waals surface area (Å²) < 4.78 is 44.7. The molecular weight excluding hydrogens is 460 g/mol. The molecule has 0 amide bonds. The number of non-ortho nitro benzene ring substituents is 1. The number of halogens is 1. The van der Waals surface area contributed by atoms with Crippen LogP contribution in [0.3, 0.4) is 0 Å². The number of nitrogens with zero attached hydrogens (tertiary/aromatic N) is 1. The lowest BCUT2D eigenvalue weighted by Gasteiger charge is -2.14. The maximum atomic E-state index is 13.1. The van der Waals surface area contributed by atoms with Crippen LogP contribution in [0.25, 0.3) is 0 Å². The zero-order chi connectivity index (χ0) is 23.3. The van der Waals surface area contributed by atoms with Crippen molar-refractivity contribution in [3.05, 3.63) is 81.4 Å². The molecule has 3 rings (SSSR count). The number of methoxy groups -OCH3 is 2. The van der Waals surface area contributed by atoms with Crippen LogP contribution in [-0.4, -0.2) is 27.6 Å². The summed E-state index contributed by atoms with van der Waals surface area (Å²) in [5.74, 6) is 1.21. The number of rotatable bonds is 9. The molecule has 0 aliphatic rings. The predicted molar refractivity (Wildman–Crippen MR) is 118 cm³/mol. The van der Waals surface area contributed by atoms with Gasteiger partial charge in [-0.15, -0.1) is 0 Å². The van der Waals surface area contributed by atoms with E-state index in [1.54, 1.807) is 42.5 Å². The number of nitro groups is 1. The highest BCUT2D eigenvalue weighted by atomic mass is 35.5. The summed E-state index contributed by atoms with van der Waals surface area (Å²) in [5, 5.41) is 11.7. The van der Waals surface area contributed by atoms with Crippen molar-refractivity contribution in [3.63, 3.8) is 0 Å². The molecular formula is C21H19ClN2O7S. The highest BCUT2D eigenvalue weighted by Crippen LogP contribution is 2.33. The highest BCUT2D eigenvalue weighted by molar-refractivity contribution is 7.89. The van der Waals surface area contributed by atoms with E-state index >= 15 is 0 Å². The number of hydrogen-bond donors (Lipinski definition) is 1. The summed E-state index contributed by atoms with van der Waals surface area (Å²) in [4.78, 5) is 10.2. The van der Waals surface area contributed by atoms with Crippen LogP contribution >= 0.6 is 11.6 Å². The number of hydrogen-bond acceptors (Lipinski definition) is 7. The van der Waals surface area contributed by atoms with Crippen molar-refractivity contribution in [2.45, 2.75) is 11.4 Å².